The maximum Gasteiger partial charge on any atom is 0.116 e. The van der Waals surface area contributed by atoms with Crippen LogP contribution in [0.2, 0.25) is 0 Å². The van der Waals surface area contributed by atoms with Crippen molar-refractivity contribution in [2.24, 2.45) is 0 Å². The molecular formula is C20H19N5O. The maximum atomic E-state index is 10.3. The first kappa shape index (κ1) is 16.2. The van der Waals surface area contributed by atoms with Gasteiger partial charge in [-0.05, 0) is 24.1 Å². The topological polar surface area (TPSA) is 68.8 Å². The SMILES string of the molecule is Cc1ccccc1-n1cc(-c2cn(CC(O)c3ccccc3)nn2)cn1. The Labute approximate surface area is 151 Å². The van der Waals surface area contributed by atoms with Gasteiger partial charge in [-0.1, -0.05) is 53.7 Å². The lowest BCUT2D eigenvalue weighted by atomic mass is 10.1. The molecule has 0 saturated carbocycles. The standard InChI is InChI=1S/C20H19N5O/c1-15-7-5-6-10-19(15)25-12-17(11-21-25)18-13-24(23-22-18)14-20(26)16-8-3-2-4-9-16/h2-13,20,26H,14H2,1H3. The van der Waals surface area contributed by atoms with Crippen LogP contribution in [0.1, 0.15) is 17.2 Å². The van der Waals surface area contributed by atoms with Gasteiger partial charge in [0.2, 0.25) is 0 Å². The molecule has 6 heteroatoms. The molecule has 2 aromatic heterocycles. The number of hydrogen-bond acceptors (Lipinski definition) is 4. The van der Waals surface area contributed by atoms with E-state index in [-0.39, 0.29) is 0 Å². The summed E-state index contributed by atoms with van der Waals surface area (Å²) in [5, 5.41) is 23.1. The summed E-state index contributed by atoms with van der Waals surface area (Å²) in [6.45, 7) is 2.40. The van der Waals surface area contributed by atoms with E-state index in [9.17, 15) is 5.11 Å². The second-order valence-electron chi connectivity index (χ2n) is 6.21. The Morgan fingerprint density at radius 2 is 1.77 bits per heavy atom. The van der Waals surface area contributed by atoms with E-state index in [0.717, 1.165) is 28.1 Å². The molecule has 0 aliphatic heterocycles. The smallest absolute Gasteiger partial charge is 0.116 e. The molecule has 6 nitrogen and oxygen atoms in total. The molecule has 0 amide bonds. The van der Waals surface area contributed by atoms with Gasteiger partial charge in [0.1, 0.15) is 5.69 Å². The molecule has 2 aromatic carbocycles. The Bertz CT molecular complexity index is 1010. The molecule has 2 heterocycles. The van der Waals surface area contributed by atoms with Gasteiger partial charge in [0, 0.05) is 11.8 Å². The molecule has 0 spiro atoms. The lowest BCUT2D eigenvalue weighted by Gasteiger charge is -2.09. The number of para-hydroxylation sites is 1. The highest BCUT2D eigenvalue weighted by atomic mass is 16.3. The van der Waals surface area contributed by atoms with Gasteiger partial charge in [-0.25, -0.2) is 9.36 Å². The summed E-state index contributed by atoms with van der Waals surface area (Å²) in [5.41, 5.74) is 4.65. The van der Waals surface area contributed by atoms with Gasteiger partial charge in [-0.15, -0.1) is 5.10 Å². The van der Waals surface area contributed by atoms with Crippen molar-refractivity contribution >= 4 is 0 Å². The Morgan fingerprint density at radius 1 is 1.00 bits per heavy atom. The number of hydrogen-bond donors (Lipinski definition) is 1. The van der Waals surface area contributed by atoms with Crippen molar-refractivity contribution in [3.05, 3.63) is 84.3 Å². The lowest BCUT2D eigenvalue weighted by molar-refractivity contribution is 0.150. The van der Waals surface area contributed by atoms with E-state index in [0.29, 0.717) is 6.54 Å². The zero-order valence-electron chi connectivity index (χ0n) is 14.4. The third kappa shape index (κ3) is 3.27. The predicted molar refractivity (Wildman–Crippen MR) is 98.7 cm³/mol. The molecule has 4 rings (SSSR count). The van der Waals surface area contributed by atoms with E-state index in [1.807, 2.05) is 65.6 Å². The van der Waals surface area contributed by atoms with E-state index in [1.54, 1.807) is 10.9 Å². The lowest BCUT2D eigenvalue weighted by Crippen LogP contribution is -2.09. The number of aromatic nitrogens is 5. The fourth-order valence-electron chi connectivity index (χ4n) is 2.88. The van der Waals surface area contributed by atoms with Crippen molar-refractivity contribution in [3.63, 3.8) is 0 Å². The summed E-state index contributed by atoms with van der Waals surface area (Å²) in [7, 11) is 0. The Kier molecular flexibility index (Phi) is 4.33. The first-order valence-corrected chi connectivity index (χ1v) is 8.45. The summed E-state index contributed by atoms with van der Waals surface area (Å²) in [4.78, 5) is 0. The van der Waals surface area contributed by atoms with E-state index in [1.165, 1.54) is 0 Å². The van der Waals surface area contributed by atoms with Crippen LogP contribution in [-0.4, -0.2) is 29.9 Å². The summed E-state index contributed by atoms with van der Waals surface area (Å²) < 4.78 is 3.49. The van der Waals surface area contributed by atoms with Crippen molar-refractivity contribution in [1.82, 2.24) is 24.8 Å². The normalized spacial score (nSPS) is 12.2. The highest BCUT2D eigenvalue weighted by Gasteiger charge is 2.12. The molecule has 0 bridgehead atoms. The van der Waals surface area contributed by atoms with E-state index in [2.05, 4.69) is 28.4 Å². The van der Waals surface area contributed by atoms with Gasteiger partial charge in [-0.2, -0.15) is 5.10 Å². The maximum absolute atomic E-state index is 10.3. The highest BCUT2D eigenvalue weighted by Crippen LogP contribution is 2.20. The number of nitrogens with zero attached hydrogens (tertiary/aromatic N) is 5. The summed E-state index contributed by atoms with van der Waals surface area (Å²) in [6.07, 6.45) is 4.91. The van der Waals surface area contributed by atoms with Crippen molar-refractivity contribution in [1.29, 1.82) is 0 Å². The van der Waals surface area contributed by atoms with Gasteiger partial charge in [-0.3, -0.25) is 0 Å². The van der Waals surface area contributed by atoms with Crippen LogP contribution in [0, 0.1) is 6.92 Å². The second-order valence-corrected chi connectivity index (χ2v) is 6.21. The predicted octanol–water partition coefficient (Wildman–Crippen LogP) is 3.17. The number of rotatable bonds is 5. The van der Waals surface area contributed by atoms with Crippen LogP contribution in [0.5, 0.6) is 0 Å². The Balaban J connectivity index is 1.53. The van der Waals surface area contributed by atoms with Crippen LogP contribution in [0.25, 0.3) is 16.9 Å². The van der Waals surface area contributed by atoms with Crippen LogP contribution < -0.4 is 0 Å². The van der Waals surface area contributed by atoms with Gasteiger partial charge in [0.25, 0.3) is 0 Å². The minimum atomic E-state index is -0.625. The molecule has 26 heavy (non-hydrogen) atoms. The van der Waals surface area contributed by atoms with Crippen molar-refractivity contribution in [2.45, 2.75) is 19.6 Å². The van der Waals surface area contributed by atoms with Crippen LogP contribution in [-0.2, 0) is 6.54 Å². The molecule has 1 atom stereocenters. The summed E-state index contributed by atoms with van der Waals surface area (Å²) in [5.74, 6) is 0. The second kappa shape index (κ2) is 6.93. The summed E-state index contributed by atoms with van der Waals surface area (Å²) in [6, 6.07) is 17.6. The third-order valence-electron chi connectivity index (χ3n) is 4.32. The number of aliphatic hydroxyl groups excluding tert-OH is 1. The third-order valence-corrected chi connectivity index (χ3v) is 4.32. The average molecular weight is 345 g/mol. The first-order chi connectivity index (χ1) is 12.7. The quantitative estimate of drug-likeness (QED) is 0.603. The number of aliphatic hydroxyl groups is 1. The highest BCUT2D eigenvalue weighted by molar-refractivity contribution is 5.56. The molecule has 0 radical (unpaired) electrons. The van der Waals surface area contributed by atoms with Crippen molar-refractivity contribution < 1.29 is 5.11 Å². The molecule has 0 aliphatic rings. The molecule has 130 valence electrons. The Morgan fingerprint density at radius 3 is 2.58 bits per heavy atom. The molecule has 0 aliphatic carbocycles. The molecule has 1 unspecified atom stereocenters. The molecule has 4 aromatic rings. The fraction of sp³-hybridized carbons (Fsp3) is 0.150. The van der Waals surface area contributed by atoms with E-state index < -0.39 is 6.10 Å². The van der Waals surface area contributed by atoms with Gasteiger partial charge in [0.05, 0.1) is 30.7 Å². The van der Waals surface area contributed by atoms with Crippen molar-refractivity contribution in [2.75, 3.05) is 0 Å². The molecule has 1 N–H and O–H groups in total. The fourth-order valence-corrected chi connectivity index (χ4v) is 2.88. The van der Waals surface area contributed by atoms with Gasteiger partial charge in [0.15, 0.2) is 0 Å². The molecule has 0 fully saturated rings. The van der Waals surface area contributed by atoms with Crippen LogP contribution in [0.4, 0.5) is 0 Å². The van der Waals surface area contributed by atoms with Gasteiger partial charge < -0.3 is 5.11 Å². The average Bonchev–Trinajstić information content (AvgIpc) is 3.32. The van der Waals surface area contributed by atoms with Crippen LogP contribution in [0.15, 0.2) is 73.2 Å². The Hall–Kier alpha value is -3.25. The van der Waals surface area contributed by atoms with Gasteiger partial charge >= 0.3 is 0 Å². The monoisotopic (exact) mass is 345 g/mol. The number of benzene rings is 2. The van der Waals surface area contributed by atoms with Crippen LogP contribution >= 0.6 is 0 Å². The minimum Gasteiger partial charge on any atom is -0.386 e. The van der Waals surface area contributed by atoms with E-state index in [4.69, 9.17) is 0 Å². The molecular weight excluding hydrogens is 326 g/mol. The van der Waals surface area contributed by atoms with Crippen molar-refractivity contribution in [3.8, 4) is 16.9 Å². The number of aryl methyl sites for hydroxylation is 1. The summed E-state index contributed by atoms with van der Waals surface area (Å²) >= 11 is 0. The largest absolute Gasteiger partial charge is 0.386 e. The first-order valence-electron chi connectivity index (χ1n) is 8.45. The zero-order valence-corrected chi connectivity index (χ0v) is 14.4. The molecule has 0 saturated heterocycles. The minimum absolute atomic E-state index is 0.350. The zero-order chi connectivity index (χ0) is 17.9. The van der Waals surface area contributed by atoms with Crippen LogP contribution in [0.3, 0.4) is 0 Å². The van der Waals surface area contributed by atoms with E-state index >= 15 is 0 Å².